The zero-order valence-corrected chi connectivity index (χ0v) is 12.1. The zero-order chi connectivity index (χ0) is 14.5. The van der Waals surface area contributed by atoms with Crippen molar-refractivity contribution in [2.24, 2.45) is 0 Å². The van der Waals surface area contributed by atoms with Gasteiger partial charge in [0.25, 0.3) is 5.56 Å². The molecule has 2 N–H and O–H groups in total. The van der Waals surface area contributed by atoms with Crippen LogP contribution >= 0.6 is 11.8 Å². The summed E-state index contributed by atoms with van der Waals surface area (Å²) in [6.07, 6.45) is 0. The molecule has 0 fully saturated rings. The Morgan fingerprint density at radius 1 is 1.35 bits per heavy atom. The molecule has 0 spiro atoms. The molecule has 0 unspecified atom stereocenters. The van der Waals surface area contributed by atoms with Gasteiger partial charge in [-0.1, -0.05) is 24.3 Å². The van der Waals surface area contributed by atoms with Gasteiger partial charge in [-0.2, -0.15) is 0 Å². The van der Waals surface area contributed by atoms with Crippen molar-refractivity contribution in [1.29, 1.82) is 0 Å². The molecule has 2 aromatic rings. The highest BCUT2D eigenvalue weighted by Gasteiger charge is 2.14. The molecule has 4 nitrogen and oxygen atoms in total. The maximum atomic E-state index is 12.0. The average molecular weight is 287 g/mol. The highest BCUT2D eigenvalue weighted by atomic mass is 32.2. The van der Waals surface area contributed by atoms with E-state index in [1.165, 1.54) is 0 Å². The number of methoxy groups -OCH3 is 1. The van der Waals surface area contributed by atoms with Crippen molar-refractivity contribution < 1.29 is 10.00 Å². The van der Waals surface area contributed by atoms with Gasteiger partial charge in [0.1, 0.15) is 5.75 Å². The van der Waals surface area contributed by atoms with Gasteiger partial charge in [-0.3, -0.25) is 4.79 Å². The van der Waals surface area contributed by atoms with Crippen LogP contribution in [0.5, 0.6) is 5.75 Å². The summed E-state index contributed by atoms with van der Waals surface area (Å²) >= 11 is 1.56. The number of benzene rings is 1. The topological polar surface area (TPSA) is 65.9 Å². The Hall–Kier alpha value is -2.19. The van der Waals surface area contributed by atoms with E-state index in [0.29, 0.717) is 5.56 Å². The van der Waals surface area contributed by atoms with Crippen molar-refractivity contribution in [3.8, 4) is 22.9 Å². The predicted molar refractivity (Wildman–Crippen MR) is 79.4 cm³/mol. The molecule has 102 valence electrons. The van der Waals surface area contributed by atoms with Crippen LogP contribution in [-0.2, 0) is 0 Å². The monoisotopic (exact) mass is 287 g/mol. The summed E-state index contributed by atoms with van der Waals surface area (Å²) in [7, 11) is 1.61. The normalized spacial score (nSPS) is 10.1. The number of ether oxygens (including phenoxy) is 1. The third-order valence-corrected chi connectivity index (χ3v) is 3.65. The zero-order valence-electron chi connectivity index (χ0n) is 11.3. The third-order valence-electron chi connectivity index (χ3n) is 2.83. The SMILES string of the molecule is CCSc1cc(-c2ccc(OC)cc2)c(C#[NH+])c(=O)[nH]1. The number of aromatic nitrogens is 1. The van der Waals surface area contributed by atoms with Crippen LogP contribution in [0.4, 0.5) is 0 Å². The molecule has 20 heavy (non-hydrogen) atoms. The number of thioether (sulfide) groups is 1. The highest BCUT2D eigenvalue weighted by Crippen LogP contribution is 2.26. The Kier molecular flexibility index (Phi) is 4.49. The first-order valence-electron chi connectivity index (χ1n) is 6.17. The van der Waals surface area contributed by atoms with Gasteiger partial charge in [0.2, 0.25) is 0 Å². The number of hydrogen-bond acceptors (Lipinski definition) is 3. The maximum Gasteiger partial charge on any atom is 0.315 e. The minimum absolute atomic E-state index is 0.246. The van der Waals surface area contributed by atoms with Crippen LogP contribution in [-0.4, -0.2) is 17.8 Å². The van der Waals surface area contributed by atoms with Gasteiger partial charge in [-0.25, -0.2) is 0 Å². The Morgan fingerprint density at radius 3 is 2.60 bits per heavy atom. The molecular weight excluding hydrogens is 272 g/mol. The molecule has 0 aliphatic heterocycles. The molecule has 0 saturated carbocycles. The van der Waals surface area contributed by atoms with E-state index in [1.807, 2.05) is 37.3 Å². The molecule has 5 heteroatoms. The largest absolute Gasteiger partial charge is 0.497 e. The van der Waals surface area contributed by atoms with Gasteiger partial charge in [0, 0.05) is 5.56 Å². The number of aromatic amines is 1. The van der Waals surface area contributed by atoms with E-state index in [9.17, 15) is 4.79 Å². The summed E-state index contributed by atoms with van der Waals surface area (Å²) in [5, 5.41) is 8.12. The van der Waals surface area contributed by atoms with Gasteiger partial charge in [-0.05, 0) is 29.5 Å². The van der Waals surface area contributed by atoms with Gasteiger partial charge in [0.15, 0.2) is 5.56 Å². The van der Waals surface area contributed by atoms with Crippen molar-refractivity contribution in [3.05, 3.63) is 46.2 Å². The summed E-state index contributed by atoms with van der Waals surface area (Å²) in [6, 6.07) is 11.5. The van der Waals surface area contributed by atoms with Crippen LogP contribution in [0.2, 0.25) is 0 Å². The standard InChI is InChI=1S/C15H14N2O2S/c1-3-20-14-8-12(13(9-16)15(18)17-14)10-4-6-11(19-2)7-5-10/h4-8H,3H2,1-2H3,(H,17,18)/p+1. The molecule has 1 heterocycles. The predicted octanol–water partition coefficient (Wildman–Crippen LogP) is 1.28. The molecule has 0 atom stereocenters. The first-order valence-corrected chi connectivity index (χ1v) is 7.15. The van der Waals surface area contributed by atoms with Gasteiger partial charge < -0.3 is 9.72 Å². The number of pyridine rings is 1. The summed E-state index contributed by atoms with van der Waals surface area (Å²) in [5.41, 5.74) is 1.53. The van der Waals surface area contributed by atoms with Crippen LogP contribution in [0.3, 0.4) is 0 Å². The number of rotatable bonds is 4. The summed E-state index contributed by atoms with van der Waals surface area (Å²) in [5.74, 6) is 1.62. The molecule has 0 saturated heterocycles. The fourth-order valence-corrected chi connectivity index (χ4v) is 2.57. The van der Waals surface area contributed by atoms with Crippen molar-refractivity contribution >= 4 is 11.8 Å². The van der Waals surface area contributed by atoms with Crippen LogP contribution in [0.15, 0.2) is 40.2 Å². The second-order valence-electron chi connectivity index (χ2n) is 4.04. The van der Waals surface area contributed by atoms with Crippen molar-refractivity contribution in [1.82, 2.24) is 4.98 Å². The van der Waals surface area contributed by atoms with E-state index in [1.54, 1.807) is 18.9 Å². The Morgan fingerprint density at radius 2 is 2.05 bits per heavy atom. The maximum absolute atomic E-state index is 12.0. The molecule has 1 aromatic heterocycles. The molecule has 0 aliphatic carbocycles. The number of hydrogen-bond donors (Lipinski definition) is 2. The van der Waals surface area contributed by atoms with Gasteiger partial charge >= 0.3 is 6.07 Å². The average Bonchev–Trinajstić information content (AvgIpc) is 2.47. The minimum atomic E-state index is -0.288. The lowest BCUT2D eigenvalue weighted by Gasteiger charge is -2.07. The van der Waals surface area contributed by atoms with Crippen LogP contribution in [0.1, 0.15) is 12.5 Å². The lowest BCUT2D eigenvalue weighted by molar-refractivity contribution is -0.0909. The van der Waals surface area contributed by atoms with Crippen molar-refractivity contribution in [2.45, 2.75) is 11.9 Å². The van der Waals surface area contributed by atoms with Crippen molar-refractivity contribution in [3.63, 3.8) is 0 Å². The molecule has 0 bridgehead atoms. The van der Waals surface area contributed by atoms with Crippen LogP contribution in [0, 0.1) is 6.07 Å². The van der Waals surface area contributed by atoms with E-state index in [-0.39, 0.29) is 11.1 Å². The van der Waals surface area contributed by atoms with Crippen LogP contribution in [0.25, 0.3) is 11.1 Å². The third kappa shape index (κ3) is 2.86. The lowest BCUT2D eigenvalue weighted by atomic mass is 10.0. The van der Waals surface area contributed by atoms with Gasteiger partial charge in [-0.15, -0.1) is 11.8 Å². The highest BCUT2D eigenvalue weighted by molar-refractivity contribution is 7.99. The number of H-pyrrole nitrogens is 1. The van der Waals surface area contributed by atoms with E-state index in [0.717, 1.165) is 22.1 Å². The van der Waals surface area contributed by atoms with E-state index in [4.69, 9.17) is 10.00 Å². The lowest BCUT2D eigenvalue weighted by Crippen LogP contribution is -2.22. The summed E-state index contributed by atoms with van der Waals surface area (Å²) in [6.45, 7) is 2.02. The minimum Gasteiger partial charge on any atom is -0.497 e. The molecular formula is C15H15N2O2S+. The molecule has 0 aliphatic rings. The van der Waals surface area contributed by atoms with E-state index in [2.05, 4.69) is 11.1 Å². The quantitative estimate of drug-likeness (QED) is 0.833. The molecule has 0 radical (unpaired) electrons. The smallest absolute Gasteiger partial charge is 0.315 e. The van der Waals surface area contributed by atoms with Crippen LogP contribution < -0.4 is 15.6 Å². The summed E-state index contributed by atoms with van der Waals surface area (Å²) in [4.78, 5) is 14.7. The first kappa shape index (κ1) is 14.2. The molecule has 2 rings (SSSR count). The summed E-state index contributed by atoms with van der Waals surface area (Å²) < 4.78 is 5.12. The second kappa shape index (κ2) is 6.31. The Labute approximate surface area is 121 Å². The Balaban J connectivity index is 2.58. The van der Waals surface area contributed by atoms with Crippen molar-refractivity contribution in [2.75, 3.05) is 12.9 Å². The van der Waals surface area contributed by atoms with E-state index < -0.39 is 0 Å². The fraction of sp³-hybridized carbons (Fsp3) is 0.200. The molecule has 1 aromatic carbocycles. The first-order chi connectivity index (χ1) is 9.69. The number of nitrogens with one attached hydrogen (secondary N) is 2. The van der Waals surface area contributed by atoms with E-state index >= 15 is 0 Å². The Bertz CT molecular complexity index is 699. The second-order valence-corrected chi connectivity index (χ2v) is 5.34. The fourth-order valence-electron chi connectivity index (χ4n) is 1.89. The van der Waals surface area contributed by atoms with Gasteiger partial charge in [0.05, 0.1) is 12.1 Å². The molecule has 0 amide bonds.